The lowest BCUT2D eigenvalue weighted by Crippen LogP contribution is -2.45. The van der Waals surface area contributed by atoms with Gasteiger partial charge in [-0.2, -0.15) is 13.2 Å². The Kier molecular flexibility index (Phi) is 4.55. The second kappa shape index (κ2) is 6.79. The first-order valence-electron chi connectivity index (χ1n) is 9.32. The minimum atomic E-state index is -4.40. The molecule has 2 fully saturated rings. The molecule has 2 heterocycles. The van der Waals surface area contributed by atoms with Gasteiger partial charge < -0.3 is 14.6 Å². The van der Waals surface area contributed by atoms with Gasteiger partial charge in [-0.05, 0) is 62.3 Å². The Morgan fingerprint density at radius 3 is 2.36 bits per heavy atom. The van der Waals surface area contributed by atoms with Crippen molar-refractivity contribution in [1.29, 1.82) is 0 Å². The highest BCUT2D eigenvalue weighted by atomic mass is 19.4. The molecule has 1 spiro atoms. The molecule has 4 rings (SSSR count). The molecule has 0 radical (unpaired) electrons. The van der Waals surface area contributed by atoms with E-state index < -0.39 is 17.8 Å². The number of hydrogen-bond donors (Lipinski definition) is 1. The van der Waals surface area contributed by atoms with E-state index in [0.29, 0.717) is 11.0 Å². The molecule has 0 unspecified atom stereocenters. The van der Waals surface area contributed by atoms with E-state index in [1.807, 2.05) is 4.90 Å². The van der Waals surface area contributed by atoms with E-state index in [9.17, 15) is 18.0 Å². The molecule has 2 aromatic rings. The van der Waals surface area contributed by atoms with Crippen LogP contribution in [0.25, 0.3) is 11.5 Å². The number of alkyl halides is 3. The van der Waals surface area contributed by atoms with Crippen LogP contribution in [0.5, 0.6) is 0 Å². The summed E-state index contributed by atoms with van der Waals surface area (Å²) in [6, 6.07) is 4.00. The van der Waals surface area contributed by atoms with Crippen molar-refractivity contribution in [2.24, 2.45) is 5.41 Å². The molecule has 9 heteroatoms. The van der Waals surface area contributed by atoms with Crippen LogP contribution in [-0.4, -0.2) is 40.1 Å². The fourth-order valence-electron chi connectivity index (χ4n) is 3.60. The van der Waals surface area contributed by atoms with Gasteiger partial charge in [-0.25, -0.2) is 0 Å². The number of anilines is 1. The molecular weight excluding hydrogens is 373 g/mol. The summed E-state index contributed by atoms with van der Waals surface area (Å²) < 4.78 is 43.4. The summed E-state index contributed by atoms with van der Waals surface area (Å²) in [5, 5.41) is 10.6. The summed E-state index contributed by atoms with van der Waals surface area (Å²) >= 11 is 0. The highest BCUT2D eigenvalue weighted by Crippen LogP contribution is 2.53. The number of amides is 1. The fraction of sp³-hybridized carbons (Fsp3) is 0.526. The molecule has 6 nitrogen and oxygen atoms in total. The van der Waals surface area contributed by atoms with Gasteiger partial charge in [0.2, 0.25) is 11.8 Å². The van der Waals surface area contributed by atoms with Crippen LogP contribution in [0.2, 0.25) is 0 Å². The lowest BCUT2D eigenvalue weighted by molar-refractivity contribution is -0.137. The van der Waals surface area contributed by atoms with Gasteiger partial charge in [-0.15, -0.1) is 5.10 Å². The van der Waals surface area contributed by atoms with Crippen LogP contribution < -0.4 is 5.32 Å². The maximum atomic E-state index is 12.6. The third-order valence-corrected chi connectivity index (χ3v) is 5.69. The first-order valence-corrected chi connectivity index (χ1v) is 9.32. The predicted molar refractivity (Wildman–Crippen MR) is 95.3 cm³/mol. The van der Waals surface area contributed by atoms with Gasteiger partial charge in [0, 0.05) is 18.7 Å². The summed E-state index contributed by atoms with van der Waals surface area (Å²) in [5.41, 5.74) is 0.123. The monoisotopic (exact) mass is 394 g/mol. The summed E-state index contributed by atoms with van der Waals surface area (Å²) in [6.45, 7) is 3.27. The van der Waals surface area contributed by atoms with Crippen LogP contribution in [0.15, 0.2) is 28.7 Å². The molecular formula is C19H21F3N4O2. The van der Waals surface area contributed by atoms with E-state index in [-0.39, 0.29) is 17.8 Å². The van der Waals surface area contributed by atoms with E-state index in [2.05, 4.69) is 15.5 Å². The number of nitrogens with zero attached hydrogens (tertiary/aromatic N) is 3. The first kappa shape index (κ1) is 18.8. The zero-order valence-electron chi connectivity index (χ0n) is 15.4. The number of piperidine rings is 1. The van der Waals surface area contributed by atoms with Gasteiger partial charge in [0.25, 0.3) is 0 Å². The Bertz CT molecular complexity index is 849. The molecule has 1 saturated carbocycles. The van der Waals surface area contributed by atoms with Crippen LogP contribution >= 0.6 is 0 Å². The topological polar surface area (TPSA) is 71.3 Å². The molecule has 150 valence electrons. The van der Waals surface area contributed by atoms with Crippen molar-refractivity contribution in [3.05, 3.63) is 29.8 Å². The summed E-state index contributed by atoms with van der Waals surface area (Å²) in [7, 11) is 0. The van der Waals surface area contributed by atoms with Crippen molar-refractivity contribution in [1.82, 2.24) is 15.1 Å². The SMILES string of the molecule is C[C@H](Nc1nnc(-c2ccc(C(F)(F)F)cc2)o1)C(=O)N1CCC2(CC1)CC2. The number of hydrogen-bond acceptors (Lipinski definition) is 5. The van der Waals surface area contributed by atoms with E-state index in [1.165, 1.54) is 25.0 Å². The van der Waals surface area contributed by atoms with E-state index in [1.54, 1.807) is 6.92 Å². The van der Waals surface area contributed by atoms with Crippen LogP contribution in [0, 0.1) is 5.41 Å². The Labute approximate surface area is 160 Å². The number of halogens is 3. The van der Waals surface area contributed by atoms with Crippen LogP contribution in [0.1, 0.15) is 38.2 Å². The second-order valence-electron chi connectivity index (χ2n) is 7.68. The number of likely N-dealkylation sites (tertiary alicyclic amines) is 1. The molecule has 2 aliphatic rings. The molecule has 0 bridgehead atoms. The molecule has 1 aliphatic heterocycles. The van der Waals surface area contributed by atoms with Gasteiger partial charge in [0.15, 0.2) is 0 Å². The smallest absolute Gasteiger partial charge is 0.403 e. The molecule has 1 aromatic carbocycles. The van der Waals surface area contributed by atoms with E-state index in [0.717, 1.165) is 38.1 Å². The quantitative estimate of drug-likeness (QED) is 0.850. The summed E-state index contributed by atoms with van der Waals surface area (Å²) in [6.07, 6.45) is 0.271. The normalized spacial score (nSPS) is 19.5. The third-order valence-electron chi connectivity index (χ3n) is 5.69. The number of carbonyl (C=O) groups is 1. The number of rotatable bonds is 4. The van der Waals surface area contributed by atoms with Gasteiger partial charge in [-0.3, -0.25) is 4.79 Å². The number of carbonyl (C=O) groups excluding carboxylic acids is 1. The molecule has 1 saturated heterocycles. The van der Waals surface area contributed by atoms with Crippen molar-refractivity contribution in [2.45, 2.75) is 44.8 Å². The minimum absolute atomic E-state index is 0.0234. The maximum Gasteiger partial charge on any atom is 0.416 e. The standard InChI is InChI=1S/C19H21F3N4O2/c1-12(16(27)26-10-8-18(6-7-18)9-11-26)23-17-25-24-15(28-17)13-2-4-14(5-3-13)19(20,21)22/h2-5,12H,6-11H2,1H3,(H,23,25)/t12-/m0/s1. The Morgan fingerprint density at radius 1 is 1.14 bits per heavy atom. The zero-order chi connectivity index (χ0) is 19.9. The van der Waals surface area contributed by atoms with Crippen molar-refractivity contribution in [3.8, 4) is 11.5 Å². The van der Waals surface area contributed by atoms with Crippen molar-refractivity contribution < 1.29 is 22.4 Å². The van der Waals surface area contributed by atoms with Crippen molar-refractivity contribution in [2.75, 3.05) is 18.4 Å². The highest BCUT2D eigenvalue weighted by molar-refractivity contribution is 5.83. The van der Waals surface area contributed by atoms with Crippen LogP contribution in [-0.2, 0) is 11.0 Å². The fourth-order valence-corrected chi connectivity index (χ4v) is 3.60. The maximum absolute atomic E-state index is 12.6. The molecule has 1 atom stereocenters. The molecule has 28 heavy (non-hydrogen) atoms. The number of aromatic nitrogens is 2. The first-order chi connectivity index (χ1) is 13.3. The molecule has 1 aliphatic carbocycles. The molecule has 1 amide bonds. The lowest BCUT2D eigenvalue weighted by atomic mass is 9.93. The third kappa shape index (κ3) is 3.83. The van der Waals surface area contributed by atoms with Gasteiger partial charge in [-0.1, -0.05) is 5.10 Å². The lowest BCUT2D eigenvalue weighted by Gasteiger charge is -2.33. The average Bonchev–Trinajstić information content (AvgIpc) is 3.25. The predicted octanol–water partition coefficient (Wildman–Crippen LogP) is 3.96. The minimum Gasteiger partial charge on any atom is -0.403 e. The average molecular weight is 394 g/mol. The van der Waals surface area contributed by atoms with Gasteiger partial charge in [0.1, 0.15) is 6.04 Å². The Morgan fingerprint density at radius 2 is 1.79 bits per heavy atom. The van der Waals surface area contributed by atoms with E-state index in [4.69, 9.17) is 4.42 Å². The van der Waals surface area contributed by atoms with Crippen LogP contribution in [0.3, 0.4) is 0 Å². The number of benzene rings is 1. The van der Waals surface area contributed by atoms with Crippen LogP contribution in [0.4, 0.5) is 19.2 Å². The molecule has 1 N–H and O–H groups in total. The largest absolute Gasteiger partial charge is 0.416 e. The Balaban J connectivity index is 1.37. The Hall–Kier alpha value is -2.58. The summed E-state index contributed by atoms with van der Waals surface area (Å²) in [5.74, 6) is 0.0642. The number of nitrogens with one attached hydrogen (secondary N) is 1. The second-order valence-corrected chi connectivity index (χ2v) is 7.68. The zero-order valence-corrected chi connectivity index (χ0v) is 15.4. The van der Waals surface area contributed by atoms with Gasteiger partial charge in [0.05, 0.1) is 5.56 Å². The van der Waals surface area contributed by atoms with Gasteiger partial charge >= 0.3 is 12.2 Å². The van der Waals surface area contributed by atoms with E-state index >= 15 is 0 Å². The van der Waals surface area contributed by atoms with Crippen molar-refractivity contribution in [3.63, 3.8) is 0 Å². The summed E-state index contributed by atoms with van der Waals surface area (Å²) in [4.78, 5) is 14.5. The highest BCUT2D eigenvalue weighted by Gasteiger charge is 2.45. The van der Waals surface area contributed by atoms with Crippen molar-refractivity contribution >= 4 is 11.9 Å². The molecule has 1 aromatic heterocycles.